The Bertz CT molecular complexity index is 651. The maximum Gasteiger partial charge on any atom is 0.165 e. The van der Waals surface area contributed by atoms with Crippen LogP contribution >= 0.6 is 28.1 Å². The molecule has 3 nitrogen and oxygen atoms in total. The van der Waals surface area contributed by atoms with Crippen molar-refractivity contribution < 1.29 is 13.9 Å². The zero-order valence-electron chi connectivity index (χ0n) is 11.0. The van der Waals surface area contributed by atoms with E-state index < -0.39 is 5.82 Å². The number of hydrogen-bond acceptors (Lipinski definition) is 3. The molecule has 2 aromatic rings. The average molecular weight is 370 g/mol. The number of benzene rings is 2. The average Bonchev–Trinajstić information content (AvgIpc) is 2.47. The number of nitrogens with two attached hydrogens (primary N) is 1. The Balaban J connectivity index is 1.91. The van der Waals surface area contributed by atoms with E-state index in [0.717, 1.165) is 4.47 Å². The van der Waals surface area contributed by atoms with E-state index >= 15 is 0 Å². The van der Waals surface area contributed by atoms with Gasteiger partial charge in [0, 0.05) is 4.47 Å². The summed E-state index contributed by atoms with van der Waals surface area (Å²) in [7, 11) is 0. The van der Waals surface area contributed by atoms with E-state index in [0.29, 0.717) is 11.3 Å². The molecule has 0 amide bonds. The molecular formula is C15H13BrFNO2S. The van der Waals surface area contributed by atoms with Gasteiger partial charge in [-0.15, -0.1) is 0 Å². The van der Waals surface area contributed by atoms with Gasteiger partial charge in [0.05, 0.1) is 5.56 Å². The van der Waals surface area contributed by atoms with Gasteiger partial charge in [-0.25, -0.2) is 4.39 Å². The Morgan fingerprint density at radius 1 is 1.10 bits per heavy atom. The fourth-order valence-corrected chi connectivity index (χ4v) is 2.20. The summed E-state index contributed by atoms with van der Waals surface area (Å²) < 4.78 is 25.1. The smallest absolute Gasteiger partial charge is 0.165 e. The molecule has 0 heterocycles. The fraction of sp³-hybridized carbons (Fsp3) is 0.133. The highest BCUT2D eigenvalue weighted by Gasteiger charge is 2.06. The normalized spacial score (nSPS) is 10.2. The number of rotatable bonds is 6. The first-order valence-electron chi connectivity index (χ1n) is 6.17. The van der Waals surface area contributed by atoms with Crippen molar-refractivity contribution in [2.45, 2.75) is 0 Å². The molecule has 0 fully saturated rings. The summed E-state index contributed by atoms with van der Waals surface area (Å²) in [4.78, 5) is 0.268. The summed E-state index contributed by atoms with van der Waals surface area (Å²) in [6.07, 6.45) is 0. The number of halogens is 2. The summed E-state index contributed by atoms with van der Waals surface area (Å²) in [5.41, 5.74) is 6.28. The maximum atomic E-state index is 13.5. The van der Waals surface area contributed by atoms with Crippen LogP contribution in [0.2, 0.25) is 0 Å². The van der Waals surface area contributed by atoms with Crippen LogP contribution in [0.5, 0.6) is 11.5 Å². The van der Waals surface area contributed by atoms with Crippen LogP contribution in [0.15, 0.2) is 46.9 Å². The van der Waals surface area contributed by atoms with Gasteiger partial charge in [0.2, 0.25) is 0 Å². The SMILES string of the molecule is NC(=S)c1ccccc1OCCOc1cc(Br)ccc1F. The van der Waals surface area contributed by atoms with Crippen LogP contribution in [-0.4, -0.2) is 18.2 Å². The molecule has 2 N–H and O–H groups in total. The summed E-state index contributed by atoms with van der Waals surface area (Å²) >= 11 is 8.21. The van der Waals surface area contributed by atoms with Crippen LogP contribution in [0.1, 0.15) is 5.56 Å². The molecule has 0 bridgehead atoms. The second kappa shape index (κ2) is 7.38. The highest BCUT2D eigenvalue weighted by Crippen LogP contribution is 2.22. The summed E-state index contributed by atoms with van der Waals surface area (Å²) in [6, 6.07) is 11.7. The van der Waals surface area contributed by atoms with Crippen molar-refractivity contribution in [2.24, 2.45) is 5.73 Å². The molecule has 2 aromatic carbocycles. The van der Waals surface area contributed by atoms with Gasteiger partial charge in [0.25, 0.3) is 0 Å². The van der Waals surface area contributed by atoms with Crippen molar-refractivity contribution in [3.8, 4) is 11.5 Å². The molecule has 110 valence electrons. The summed E-state index contributed by atoms with van der Waals surface area (Å²) in [6.45, 7) is 0.463. The fourth-order valence-electron chi connectivity index (χ4n) is 1.69. The highest BCUT2D eigenvalue weighted by molar-refractivity contribution is 9.10. The van der Waals surface area contributed by atoms with Gasteiger partial charge in [-0.1, -0.05) is 40.3 Å². The molecule has 21 heavy (non-hydrogen) atoms. The Hall–Kier alpha value is -1.66. The molecule has 0 aliphatic heterocycles. The molecule has 0 aliphatic carbocycles. The molecule has 0 spiro atoms. The van der Waals surface area contributed by atoms with Crippen molar-refractivity contribution in [1.29, 1.82) is 0 Å². The first-order valence-corrected chi connectivity index (χ1v) is 7.37. The monoisotopic (exact) mass is 369 g/mol. The van der Waals surface area contributed by atoms with Crippen molar-refractivity contribution in [3.63, 3.8) is 0 Å². The number of thiocarbonyl (C=S) groups is 1. The summed E-state index contributed by atoms with van der Waals surface area (Å²) in [5, 5.41) is 0. The van der Waals surface area contributed by atoms with Gasteiger partial charge >= 0.3 is 0 Å². The molecule has 0 unspecified atom stereocenters. The number of para-hydroxylation sites is 1. The molecule has 2 rings (SSSR count). The van der Waals surface area contributed by atoms with E-state index in [4.69, 9.17) is 27.4 Å². The molecular weight excluding hydrogens is 357 g/mol. The van der Waals surface area contributed by atoms with Gasteiger partial charge in [-0.3, -0.25) is 0 Å². The van der Waals surface area contributed by atoms with Crippen molar-refractivity contribution >= 4 is 33.1 Å². The highest BCUT2D eigenvalue weighted by atomic mass is 79.9. The van der Waals surface area contributed by atoms with Crippen molar-refractivity contribution in [3.05, 3.63) is 58.3 Å². The van der Waals surface area contributed by atoms with Crippen molar-refractivity contribution in [2.75, 3.05) is 13.2 Å². The zero-order chi connectivity index (χ0) is 15.2. The predicted octanol–water partition coefficient (Wildman–Crippen LogP) is 3.68. The molecule has 0 saturated carbocycles. The molecule has 0 atom stereocenters. The minimum absolute atomic E-state index is 0.176. The molecule has 0 aliphatic rings. The van der Waals surface area contributed by atoms with Gasteiger partial charge in [0.1, 0.15) is 24.0 Å². The Morgan fingerprint density at radius 2 is 1.76 bits per heavy atom. The minimum atomic E-state index is -0.415. The predicted molar refractivity (Wildman–Crippen MR) is 87.4 cm³/mol. The molecule has 6 heteroatoms. The van der Waals surface area contributed by atoms with Gasteiger partial charge in [-0.2, -0.15) is 0 Å². The van der Waals surface area contributed by atoms with Crippen LogP contribution in [0.25, 0.3) is 0 Å². The van der Waals surface area contributed by atoms with E-state index in [1.165, 1.54) is 6.07 Å². The number of hydrogen-bond donors (Lipinski definition) is 1. The van der Waals surface area contributed by atoms with Crippen LogP contribution in [-0.2, 0) is 0 Å². The lowest BCUT2D eigenvalue weighted by Gasteiger charge is -2.11. The van der Waals surface area contributed by atoms with E-state index in [-0.39, 0.29) is 24.0 Å². The van der Waals surface area contributed by atoms with E-state index in [9.17, 15) is 4.39 Å². The Morgan fingerprint density at radius 3 is 2.48 bits per heavy atom. The molecule has 0 saturated heterocycles. The largest absolute Gasteiger partial charge is 0.489 e. The first-order chi connectivity index (χ1) is 10.1. The van der Waals surface area contributed by atoms with Crippen LogP contribution < -0.4 is 15.2 Å². The van der Waals surface area contributed by atoms with E-state index in [1.54, 1.807) is 24.3 Å². The van der Waals surface area contributed by atoms with Crippen LogP contribution in [0.3, 0.4) is 0 Å². The second-order valence-corrected chi connectivity index (χ2v) is 5.49. The molecule has 0 aromatic heterocycles. The maximum absolute atomic E-state index is 13.5. The lowest BCUT2D eigenvalue weighted by Crippen LogP contribution is -2.14. The zero-order valence-corrected chi connectivity index (χ0v) is 13.4. The lowest BCUT2D eigenvalue weighted by molar-refractivity contribution is 0.211. The standard InChI is InChI=1S/C15H13BrFNO2S/c16-10-5-6-12(17)14(9-10)20-8-7-19-13-4-2-1-3-11(13)15(18)21/h1-6,9H,7-8H2,(H2,18,21). The number of ether oxygens (including phenoxy) is 2. The van der Waals surface area contributed by atoms with Crippen LogP contribution in [0.4, 0.5) is 4.39 Å². The van der Waals surface area contributed by atoms with Gasteiger partial charge in [0.15, 0.2) is 11.6 Å². The van der Waals surface area contributed by atoms with E-state index in [2.05, 4.69) is 15.9 Å². The van der Waals surface area contributed by atoms with Gasteiger partial charge < -0.3 is 15.2 Å². The van der Waals surface area contributed by atoms with Crippen LogP contribution in [0, 0.1) is 5.82 Å². The first kappa shape index (κ1) is 15.7. The molecule has 0 radical (unpaired) electrons. The van der Waals surface area contributed by atoms with E-state index in [1.807, 2.05) is 12.1 Å². The minimum Gasteiger partial charge on any atom is -0.489 e. The van der Waals surface area contributed by atoms with Crippen molar-refractivity contribution in [1.82, 2.24) is 0 Å². The topological polar surface area (TPSA) is 44.5 Å². The third-order valence-electron chi connectivity index (χ3n) is 2.64. The third kappa shape index (κ3) is 4.41. The quantitative estimate of drug-likeness (QED) is 0.623. The van der Waals surface area contributed by atoms with Gasteiger partial charge in [-0.05, 0) is 30.3 Å². The lowest BCUT2D eigenvalue weighted by atomic mass is 10.2. The Labute approximate surface area is 136 Å². The summed E-state index contributed by atoms with van der Waals surface area (Å²) in [5.74, 6) is 0.348. The Kier molecular flexibility index (Phi) is 5.52. The third-order valence-corrected chi connectivity index (χ3v) is 3.36. The second-order valence-electron chi connectivity index (χ2n) is 4.13.